The zero-order chi connectivity index (χ0) is 21.7. The molecule has 1 heterocycles. The largest absolute Gasteiger partial charge is 0.493 e. The Morgan fingerprint density at radius 3 is 2.50 bits per heavy atom. The van der Waals surface area contributed by atoms with Crippen LogP contribution in [0.4, 0.5) is 4.79 Å². The Morgan fingerprint density at radius 1 is 1.10 bits per heavy atom. The number of carbonyl (C=O) groups excluding carboxylic acids is 1. The van der Waals surface area contributed by atoms with Gasteiger partial charge >= 0.3 is 6.03 Å². The fourth-order valence-corrected chi connectivity index (χ4v) is 3.54. The molecule has 1 aliphatic heterocycles. The van der Waals surface area contributed by atoms with Gasteiger partial charge in [-0.25, -0.2) is 4.79 Å². The summed E-state index contributed by atoms with van der Waals surface area (Å²) in [6.45, 7) is 5.62. The minimum absolute atomic E-state index is 0.164. The number of nitrogens with one attached hydrogen (secondary N) is 1. The summed E-state index contributed by atoms with van der Waals surface area (Å²) < 4.78 is 22.1. The van der Waals surface area contributed by atoms with E-state index in [9.17, 15) is 4.79 Å². The second-order valence-corrected chi connectivity index (χ2v) is 7.58. The van der Waals surface area contributed by atoms with Gasteiger partial charge in [0.1, 0.15) is 13.2 Å². The summed E-state index contributed by atoms with van der Waals surface area (Å²) >= 11 is 0. The van der Waals surface area contributed by atoms with E-state index >= 15 is 0 Å². The molecule has 30 heavy (non-hydrogen) atoms. The highest BCUT2D eigenvalue weighted by Crippen LogP contribution is 2.35. The van der Waals surface area contributed by atoms with E-state index in [0.29, 0.717) is 37.0 Å². The van der Waals surface area contributed by atoms with Crippen molar-refractivity contribution < 1.29 is 23.7 Å². The van der Waals surface area contributed by atoms with Crippen molar-refractivity contribution in [3.8, 4) is 23.0 Å². The lowest BCUT2D eigenvalue weighted by Gasteiger charge is -2.28. The summed E-state index contributed by atoms with van der Waals surface area (Å²) in [4.78, 5) is 14.6. The van der Waals surface area contributed by atoms with Gasteiger partial charge in [-0.3, -0.25) is 0 Å². The van der Waals surface area contributed by atoms with Crippen LogP contribution in [0.5, 0.6) is 23.0 Å². The lowest BCUT2D eigenvalue weighted by Crippen LogP contribution is -2.40. The Hall–Kier alpha value is -3.09. The molecule has 0 fully saturated rings. The summed E-state index contributed by atoms with van der Waals surface area (Å²) in [7, 11) is 4.95. The van der Waals surface area contributed by atoms with E-state index in [1.807, 2.05) is 36.4 Å². The third-order valence-corrected chi connectivity index (χ3v) is 5.11. The summed E-state index contributed by atoms with van der Waals surface area (Å²) in [5.74, 6) is 2.91. The molecule has 2 aromatic carbocycles. The Bertz CT molecular complexity index is 884. The van der Waals surface area contributed by atoms with E-state index < -0.39 is 0 Å². The standard InChI is InChI=1S/C23H30N2O5/c1-15(2)21(16-9-10-18-20(13-16)30-12-11-29-18)24-23(26)25(3)14-17-7-6-8-19(27-4)22(17)28-5/h6-10,13,15,21H,11-12,14H2,1-5H3,(H,24,26). The SMILES string of the molecule is COc1cccc(CN(C)C(=O)NC(c2ccc3c(c2)OCCO3)C(C)C)c1OC. The van der Waals surface area contributed by atoms with Crippen LogP contribution in [0.2, 0.25) is 0 Å². The Labute approximate surface area is 177 Å². The van der Waals surface area contributed by atoms with Crippen molar-refractivity contribution in [3.63, 3.8) is 0 Å². The maximum Gasteiger partial charge on any atom is 0.317 e. The molecule has 0 radical (unpaired) electrons. The van der Waals surface area contributed by atoms with Gasteiger partial charge in [-0.1, -0.05) is 32.0 Å². The summed E-state index contributed by atoms with van der Waals surface area (Å²) in [6, 6.07) is 11.1. The number of para-hydroxylation sites is 1. The van der Waals surface area contributed by atoms with E-state index in [1.165, 1.54) is 0 Å². The molecule has 7 heteroatoms. The van der Waals surface area contributed by atoms with Crippen LogP contribution >= 0.6 is 0 Å². The van der Waals surface area contributed by atoms with Crippen LogP contribution in [0.1, 0.15) is 31.0 Å². The van der Waals surface area contributed by atoms with Crippen molar-refractivity contribution in [1.29, 1.82) is 0 Å². The number of amides is 2. The summed E-state index contributed by atoms with van der Waals surface area (Å²) in [6.07, 6.45) is 0. The average Bonchev–Trinajstić information content (AvgIpc) is 2.76. The van der Waals surface area contributed by atoms with Gasteiger partial charge < -0.3 is 29.2 Å². The second kappa shape index (κ2) is 9.61. The topological polar surface area (TPSA) is 69.3 Å². The smallest absolute Gasteiger partial charge is 0.317 e. The van der Waals surface area contributed by atoms with E-state index in [0.717, 1.165) is 16.9 Å². The lowest BCUT2D eigenvalue weighted by atomic mass is 9.95. The molecule has 2 aromatic rings. The quantitative estimate of drug-likeness (QED) is 0.741. The number of urea groups is 1. The second-order valence-electron chi connectivity index (χ2n) is 7.58. The van der Waals surface area contributed by atoms with Crippen molar-refractivity contribution >= 4 is 6.03 Å². The van der Waals surface area contributed by atoms with Crippen LogP contribution in [0.25, 0.3) is 0 Å². The Balaban J connectivity index is 1.74. The molecule has 0 aliphatic carbocycles. The third kappa shape index (κ3) is 4.72. The van der Waals surface area contributed by atoms with Crippen LogP contribution in [-0.4, -0.2) is 45.4 Å². The normalized spacial score (nSPS) is 13.5. The van der Waals surface area contributed by atoms with Crippen molar-refractivity contribution in [3.05, 3.63) is 47.5 Å². The molecule has 2 amide bonds. The number of ether oxygens (including phenoxy) is 4. The molecular weight excluding hydrogens is 384 g/mol. The van der Waals surface area contributed by atoms with E-state index in [1.54, 1.807) is 26.2 Å². The van der Waals surface area contributed by atoms with E-state index in [4.69, 9.17) is 18.9 Å². The highest BCUT2D eigenvalue weighted by Gasteiger charge is 2.23. The number of hydrogen-bond donors (Lipinski definition) is 1. The molecule has 0 saturated carbocycles. The van der Waals surface area contributed by atoms with Gasteiger partial charge in [0.05, 0.1) is 26.8 Å². The van der Waals surface area contributed by atoms with Crippen molar-refractivity contribution in [2.75, 3.05) is 34.5 Å². The lowest BCUT2D eigenvalue weighted by molar-refractivity contribution is 0.171. The molecule has 1 N–H and O–H groups in total. The Morgan fingerprint density at radius 2 is 1.83 bits per heavy atom. The minimum atomic E-state index is -0.173. The van der Waals surface area contributed by atoms with E-state index in [2.05, 4.69) is 19.2 Å². The van der Waals surface area contributed by atoms with Crippen LogP contribution in [-0.2, 0) is 6.54 Å². The predicted molar refractivity (Wildman–Crippen MR) is 115 cm³/mol. The molecule has 0 saturated heterocycles. The number of rotatable bonds is 7. The molecule has 1 aliphatic rings. The van der Waals surface area contributed by atoms with Gasteiger partial charge in [0, 0.05) is 12.6 Å². The first-order valence-corrected chi connectivity index (χ1v) is 10.1. The first-order valence-electron chi connectivity index (χ1n) is 10.1. The van der Waals surface area contributed by atoms with Gasteiger partial charge in [-0.15, -0.1) is 0 Å². The minimum Gasteiger partial charge on any atom is -0.493 e. The van der Waals surface area contributed by atoms with Gasteiger partial charge in [-0.2, -0.15) is 0 Å². The van der Waals surface area contributed by atoms with Crippen LogP contribution in [0.3, 0.4) is 0 Å². The number of fused-ring (bicyclic) bond motifs is 1. The number of nitrogens with zero attached hydrogens (tertiary/aromatic N) is 1. The van der Waals surface area contributed by atoms with Gasteiger partial charge in [0.25, 0.3) is 0 Å². The fourth-order valence-electron chi connectivity index (χ4n) is 3.54. The fraction of sp³-hybridized carbons (Fsp3) is 0.435. The van der Waals surface area contributed by atoms with Crippen molar-refractivity contribution in [1.82, 2.24) is 10.2 Å². The summed E-state index contributed by atoms with van der Waals surface area (Å²) in [5.41, 5.74) is 1.85. The number of methoxy groups -OCH3 is 2. The zero-order valence-corrected chi connectivity index (χ0v) is 18.2. The first-order chi connectivity index (χ1) is 14.4. The predicted octanol–water partition coefficient (Wildman–Crippen LogP) is 4.01. The summed E-state index contributed by atoms with van der Waals surface area (Å²) in [5, 5.41) is 3.14. The van der Waals surface area contributed by atoms with Gasteiger partial charge in [-0.05, 0) is 29.7 Å². The molecule has 162 valence electrons. The zero-order valence-electron chi connectivity index (χ0n) is 18.2. The molecular formula is C23H30N2O5. The monoisotopic (exact) mass is 414 g/mol. The molecule has 7 nitrogen and oxygen atoms in total. The molecule has 3 rings (SSSR count). The Kier molecular flexibility index (Phi) is 6.92. The van der Waals surface area contributed by atoms with E-state index in [-0.39, 0.29) is 18.0 Å². The number of carbonyl (C=O) groups is 1. The average molecular weight is 415 g/mol. The molecule has 1 atom stereocenters. The molecule has 1 unspecified atom stereocenters. The van der Waals surface area contributed by atoms with Crippen LogP contribution < -0.4 is 24.3 Å². The number of benzene rings is 2. The third-order valence-electron chi connectivity index (χ3n) is 5.11. The van der Waals surface area contributed by atoms with Crippen molar-refractivity contribution in [2.45, 2.75) is 26.4 Å². The highest BCUT2D eigenvalue weighted by atomic mass is 16.6. The number of hydrogen-bond acceptors (Lipinski definition) is 5. The maximum atomic E-state index is 13.0. The van der Waals surface area contributed by atoms with Crippen LogP contribution in [0.15, 0.2) is 36.4 Å². The molecule has 0 spiro atoms. The van der Waals surface area contributed by atoms with Gasteiger partial charge in [0.15, 0.2) is 23.0 Å². The van der Waals surface area contributed by atoms with Crippen LogP contribution in [0, 0.1) is 5.92 Å². The maximum absolute atomic E-state index is 13.0. The van der Waals surface area contributed by atoms with Gasteiger partial charge in [0.2, 0.25) is 0 Å². The highest BCUT2D eigenvalue weighted by molar-refractivity contribution is 5.74. The first kappa shape index (κ1) is 21.6. The molecule has 0 bridgehead atoms. The van der Waals surface area contributed by atoms with Crippen molar-refractivity contribution in [2.24, 2.45) is 5.92 Å². The molecule has 0 aromatic heterocycles.